The van der Waals surface area contributed by atoms with Crippen molar-refractivity contribution in [3.63, 3.8) is 0 Å². The van der Waals surface area contributed by atoms with Gasteiger partial charge in [0.1, 0.15) is 6.04 Å². The monoisotopic (exact) mass is 325 g/mol. The highest BCUT2D eigenvalue weighted by Crippen LogP contribution is 2.20. The third kappa shape index (κ3) is 4.66. The van der Waals surface area contributed by atoms with Crippen LogP contribution in [0.15, 0.2) is 60.7 Å². The third-order valence-electron chi connectivity index (χ3n) is 4.35. The Hall–Kier alpha value is -2.17. The molecule has 0 radical (unpaired) electrons. The summed E-state index contributed by atoms with van der Waals surface area (Å²) in [6.45, 7) is 6.67. The second-order valence-electron chi connectivity index (χ2n) is 5.78. The van der Waals surface area contributed by atoms with Crippen molar-refractivity contribution in [3.05, 3.63) is 71.8 Å². The van der Waals surface area contributed by atoms with Crippen LogP contribution in [0.3, 0.4) is 0 Å². The molecule has 2 unspecified atom stereocenters. The highest BCUT2D eigenvalue weighted by molar-refractivity contribution is 5.82. The number of hydrogen-bond acceptors (Lipinski definition) is 3. The van der Waals surface area contributed by atoms with E-state index in [4.69, 9.17) is 5.73 Å². The van der Waals surface area contributed by atoms with E-state index in [9.17, 15) is 4.79 Å². The molecule has 1 amide bonds. The van der Waals surface area contributed by atoms with Gasteiger partial charge in [-0.25, -0.2) is 0 Å². The molecule has 2 rings (SSSR count). The van der Waals surface area contributed by atoms with Crippen molar-refractivity contribution < 1.29 is 4.79 Å². The van der Waals surface area contributed by atoms with Crippen LogP contribution in [0, 0.1) is 0 Å². The standard InChI is InChI=1S/C20H27N3O/c1-3-23(4-2)18(16-11-7-5-8-12-16)15-22-20(24)19(21)17-13-9-6-10-14-17/h5-14,18-19H,3-4,15,21H2,1-2H3,(H,22,24). The quantitative estimate of drug-likeness (QED) is 0.784. The summed E-state index contributed by atoms with van der Waals surface area (Å²) in [5.74, 6) is -0.144. The maximum Gasteiger partial charge on any atom is 0.241 e. The number of likely N-dealkylation sites (N-methyl/N-ethyl adjacent to an activating group) is 1. The zero-order chi connectivity index (χ0) is 17.4. The van der Waals surface area contributed by atoms with Gasteiger partial charge in [0.2, 0.25) is 5.91 Å². The van der Waals surface area contributed by atoms with E-state index in [1.54, 1.807) is 0 Å². The lowest BCUT2D eigenvalue weighted by Crippen LogP contribution is -2.41. The Balaban J connectivity index is 2.06. The molecule has 0 heterocycles. The van der Waals surface area contributed by atoms with Crippen molar-refractivity contribution in [1.29, 1.82) is 0 Å². The Kier molecular flexibility index (Phi) is 6.97. The van der Waals surface area contributed by atoms with Crippen molar-refractivity contribution in [2.45, 2.75) is 25.9 Å². The largest absolute Gasteiger partial charge is 0.353 e. The highest BCUT2D eigenvalue weighted by Gasteiger charge is 2.21. The summed E-state index contributed by atoms with van der Waals surface area (Å²) < 4.78 is 0. The molecule has 24 heavy (non-hydrogen) atoms. The minimum atomic E-state index is -0.640. The fourth-order valence-corrected chi connectivity index (χ4v) is 2.92. The summed E-state index contributed by atoms with van der Waals surface area (Å²) in [7, 11) is 0. The van der Waals surface area contributed by atoms with Crippen molar-refractivity contribution in [2.75, 3.05) is 19.6 Å². The molecule has 4 nitrogen and oxygen atoms in total. The van der Waals surface area contributed by atoms with Gasteiger partial charge in [-0.3, -0.25) is 9.69 Å². The number of hydrogen-bond donors (Lipinski definition) is 2. The number of nitrogens with one attached hydrogen (secondary N) is 1. The smallest absolute Gasteiger partial charge is 0.241 e. The molecule has 0 aliphatic rings. The number of carbonyl (C=O) groups is 1. The number of rotatable bonds is 8. The molecule has 0 saturated heterocycles. The van der Waals surface area contributed by atoms with Gasteiger partial charge in [0.15, 0.2) is 0 Å². The van der Waals surface area contributed by atoms with Gasteiger partial charge in [-0.15, -0.1) is 0 Å². The lowest BCUT2D eigenvalue weighted by molar-refractivity contribution is -0.122. The first-order chi connectivity index (χ1) is 11.7. The van der Waals surface area contributed by atoms with E-state index >= 15 is 0 Å². The van der Waals surface area contributed by atoms with E-state index in [2.05, 4.69) is 36.2 Å². The van der Waals surface area contributed by atoms with Crippen LogP contribution in [0.5, 0.6) is 0 Å². The van der Waals surface area contributed by atoms with Crippen molar-refractivity contribution in [2.24, 2.45) is 5.73 Å². The first-order valence-corrected chi connectivity index (χ1v) is 8.54. The average molecular weight is 325 g/mol. The van der Waals surface area contributed by atoms with Crippen LogP contribution in [0.4, 0.5) is 0 Å². The van der Waals surface area contributed by atoms with E-state index in [0.717, 1.165) is 18.7 Å². The first-order valence-electron chi connectivity index (χ1n) is 8.54. The molecule has 0 fully saturated rings. The van der Waals surface area contributed by atoms with Gasteiger partial charge < -0.3 is 11.1 Å². The second-order valence-corrected chi connectivity index (χ2v) is 5.78. The normalized spacial score (nSPS) is 13.5. The van der Waals surface area contributed by atoms with Crippen molar-refractivity contribution >= 4 is 5.91 Å². The molecular formula is C20H27N3O. The predicted molar refractivity (Wildman–Crippen MR) is 98.5 cm³/mol. The summed E-state index contributed by atoms with van der Waals surface area (Å²) in [6.07, 6.45) is 0. The molecule has 0 aromatic heterocycles. The Morgan fingerprint density at radius 3 is 1.96 bits per heavy atom. The predicted octanol–water partition coefficient (Wildman–Crippen LogP) is 2.89. The molecule has 2 aromatic rings. The average Bonchev–Trinajstić information content (AvgIpc) is 2.65. The summed E-state index contributed by atoms with van der Waals surface area (Å²) in [5.41, 5.74) is 8.11. The van der Waals surface area contributed by atoms with E-state index in [0.29, 0.717) is 6.54 Å². The van der Waals surface area contributed by atoms with Crippen molar-refractivity contribution in [1.82, 2.24) is 10.2 Å². The highest BCUT2D eigenvalue weighted by atomic mass is 16.2. The SMILES string of the molecule is CCN(CC)C(CNC(=O)C(N)c1ccccc1)c1ccccc1. The molecule has 0 aliphatic heterocycles. The van der Waals surface area contributed by atoms with Gasteiger partial charge in [0.25, 0.3) is 0 Å². The van der Waals surface area contributed by atoms with Gasteiger partial charge in [0, 0.05) is 6.54 Å². The van der Waals surface area contributed by atoms with Gasteiger partial charge in [-0.05, 0) is 24.2 Å². The molecule has 0 bridgehead atoms. The minimum absolute atomic E-state index is 0.144. The molecule has 0 aliphatic carbocycles. The molecule has 2 aromatic carbocycles. The van der Waals surface area contributed by atoms with Gasteiger partial charge in [-0.2, -0.15) is 0 Å². The fraction of sp³-hybridized carbons (Fsp3) is 0.350. The molecule has 0 spiro atoms. The van der Waals surface area contributed by atoms with Crippen LogP contribution < -0.4 is 11.1 Å². The number of amides is 1. The van der Waals surface area contributed by atoms with Crippen LogP contribution in [0.2, 0.25) is 0 Å². The molecule has 2 atom stereocenters. The van der Waals surface area contributed by atoms with Gasteiger partial charge in [0.05, 0.1) is 6.04 Å². The summed E-state index contributed by atoms with van der Waals surface area (Å²) in [6, 6.07) is 19.2. The lowest BCUT2D eigenvalue weighted by Gasteiger charge is -2.30. The molecule has 0 saturated carbocycles. The number of carbonyl (C=O) groups excluding carboxylic acids is 1. The van der Waals surface area contributed by atoms with Gasteiger partial charge >= 0.3 is 0 Å². The zero-order valence-electron chi connectivity index (χ0n) is 14.5. The Morgan fingerprint density at radius 2 is 1.46 bits per heavy atom. The van der Waals surface area contributed by atoms with Crippen LogP contribution in [0.25, 0.3) is 0 Å². The van der Waals surface area contributed by atoms with E-state index in [1.807, 2.05) is 48.5 Å². The Bertz CT molecular complexity index is 611. The third-order valence-corrected chi connectivity index (χ3v) is 4.35. The number of benzene rings is 2. The second kappa shape index (κ2) is 9.21. The Labute approximate surface area is 144 Å². The van der Waals surface area contributed by atoms with Crippen LogP contribution in [-0.2, 0) is 4.79 Å². The lowest BCUT2D eigenvalue weighted by atomic mass is 10.0. The molecule has 4 heteroatoms. The van der Waals surface area contributed by atoms with Crippen molar-refractivity contribution in [3.8, 4) is 0 Å². The van der Waals surface area contributed by atoms with E-state index in [1.165, 1.54) is 5.56 Å². The minimum Gasteiger partial charge on any atom is -0.353 e. The maximum absolute atomic E-state index is 12.4. The van der Waals surface area contributed by atoms with Crippen LogP contribution in [-0.4, -0.2) is 30.4 Å². The Morgan fingerprint density at radius 1 is 0.958 bits per heavy atom. The maximum atomic E-state index is 12.4. The topological polar surface area (TPSA) is 58.4 Å². The molecule has 3 N–H and O–H groups in total. The zero-order valence-corrected chi connectivity index (χ0v) is 14.5. The summed E-state index contributed by atoms with van der Waals surface area (Å²) in [5, 5.41) is 3.02. The molecule has 128 valence electrons. The molecular weight excluding hydrogens is 298 g/mol. The summed E-state index contributed by atoms with van der Waals surface area (Å²) in [4.78, 5) is 14.8. The van der Waals surface area contributed by atoms with Crippen LogP contribution >= 0.6 is 0 Å². The summed E-state index contributed by atoms with van der Waals surface area (Å²) >= 11 is 0. The van der Waals surface area contributed by atoms with E-state index < -0.39 is 6.04 Å². The van der Waals surface area contributed by atoms with Gasteiger partial charge in [-0.1, -0.05) is 74.5 Å². The van der Waals surface area contributed by atoms with E-state index in [-0.39, 0.29) is 11.9 Å². The fourth-order valence-electron chi connectivity index (χ4n) is 2.92. The number of nitrogens with two attached hydrogens (primary N) is 1. The number of nitrogens with zero attached hydrogens (tertiary/aromatic N) is 1. The van der Waals surface area contributed by atoms with Crippen LogP contribution in [0.1, 0.15) is 37.1 Å². The first kappa shape index (κ1) is 18.2.